The molecule has 0 unspecified atom stereocenters. The average molecular weight is 494 g/mol. The summed E-state index contributed by atoms with van der Waals surface area (Å²) in [7, 11) is -2.33. The van der Waals surface area contributed by atoms with Gasteiger partial charge in [0.1, 0.15) is 10.6 Å². The van der Waals surface area contributed by atoms with Crippen LogP contribution in [-0.4, -0.2) is 26.4 Å². The zero-order chi connectivity index (χ0) is 24.1. The third kappa shape index (κ3) is 5.51. The Kier molecular flexibility index (Phi) is 7.06. The van der Waals surface area contributed by atoms with Gasteiger partial charge < -0.3 is 10.1 Å². The van der Waals surface area contributed by atoms with E-state index in [0.717, 1.165) is 21.8 Å². The van der Waals surface area contributed by atoms with Crippen LogP contribution in [-0.2, 0) is 16.6 Å². The Morgan fingerprint density at radius 1 is 1.03 bits per heavy atom. The Hall–Kier alpha value is -3.53. The first-order valence-electron chi connectivity index (χ1n) is 10.4. The quantitative estimate of drug-likeness (QED) is 0.365. The largest absolute Gasteiger partial charge is 0.495 e. The third-order valence-electron chi connectivity index (χ3n) is 5.08. The number of carbonyl (C=O) groups is 1. The molecule has 174 valence electrons. The van der Waals surface area contributed by atoms with E-state index in [4.69, 9.17) is 4.74 Å². The van der Waals surface area contributed by atoms with Gasteiger partial charge in [0.15, 0.2) is 0 Å². The van der Waals surface area contributed by atoms with Gasteiger partial charge in [-0.3, -0.25) is 4.79 Å². The fourth-order valence-electron chi connectivity index (χ4n) is 3.33. The molecule has 0 saturated carbocycles. The molecule has 4 rings (SSSR count). The number of benzene rings is 3. The number of amides is 1. The average Bonchev–Trinajstić information content (AvgIpc) is 3.29. The van der Waals surface area contributed by atoms with Crippen LogP contribution >= 0.6 is 11.3 Å². The summed E-state index contributed by atoms with van der Waals surface area (Å²) >= 11 is 1.58. The maximum Gasteiger partial charge on any atom is 0.255 e. The number of nitrogens with zero attached hydrogens (tertiary/aromatic N) is 1. The first kappa shape index (κ1) is 23.6. The van der Waals surface area contributed by atoms with Gasteiger partial charge in [0, 0.05) is 28.7 Å². The molecule has 7 nitrogen and oxygen atoms in total. The van der Waals surface area contributed by atoms with E-state index in [-0.39, 0.29) is 23.1 Å². The second kappa shape index (κ2) is 10.2. The van der Waals surface area contributed by atoms with Crippen LogP contribution in [0.4, 0.5) is 5.69 Å². The molecule has 4 aromatic rings. The molecule has 2 N–H and O–H groups in total. The smallest absolute Gasteiger partial charge is 0.255 e. The lowest BCUT2D eigenvalue weighted by atomic mass is 10.1. The zero-order valence-corrected chi connectivity index (χ0v) is 20.2. The van der Waals surface area contributed by atoms with E-state index in [9.17, 15) is 13.2 Å². The number of para-hydroxylation sites is 1. The summed E-state index contributed by atoms with van der Waals surface area (Å²) in [5.74, 6) is 0.0174. The maximum absolute atomic E-state index is 12.7. The molecule has 0 aliphatic heterocycles. The molecule has 1 heterocycles. The zero-order valence-electron chi connectivity index (χ0n) is 18.6. The number of rotatable bonds is 8. The highest BCUT2D eigenvalue weighted by molar-refractivity contribution is 7.89. The number of methoxy groups -OCH3 is 1. The summed E-state index contributed by atoms with van der Waals surface area (Å²) in [5, 5.41) is 5.86. The number of thiazole rings is 1. The van der Waals surface area contributed by atoms with Gasteiger partial charge in [0.2, 0.25) is 10.0 Å². The van der Waals surface area contributed by atoms with Gasteiger partial charge in [-0.2, -0.15) is 0 Å². The number of aryl methyl sites for hydroxylation is 1. The number of hydrogen-bond donors (Lipinski definition) is 2. The second-order valence-corrected chi connectivity index (χ2v) is 10.3. The van der Waals surface area contributed by atoms with Gasteiger partial charge in [0.25, 0.3) is 5.91 Å². The lowest BCUT2D eigenvalue weighted by Gasteiger charge is -2.11. The summed E-state index contributed by atoms with van der Waals surface area (Å²) in [6, 6.07) is 20.7. The van der Waals surface area contributed by atoms with Gasteiger partial charge in [-0.1, -0.05) is 36.4 Å². The van der Waals surface area contributed by atoms with Crippen LogP contribution in [0.1, 0.15) is 20.9 Å². The Morgan fingerprint density at radius 3 is 2.50 bits per heavy atom. The van der Waals surface area contributed by atoms with E-state index in [1.54, 1.807) is 53.8 Å². The van der Waals surface area contributed by atoms with Gasteiger partial charge in [-0.05, 0) is 48.9 Å². The molecule has 0 atom stereocenters. The predicted molar refractivity (Wildman–Crippen MR) is 134 cm³/mol. The lowest BCUT2D eigenvalue weighted by Crippen LogP contribution is -2.23. The van der Waals surface area contributed by atoms with Crippen molar-refractivity contribution in [2.45, 2.75) is 18.4 Å². The molecule has 34 heavy (non-hydrogen) atoms. The molecule has 0 spiro atoms. The van der Waals surface area contributed by atoms with E-state index in [1.165, 1.54) is 13.2 Å². The standard InChI is InChI=1S/C25H23N3O4S2/c1-17-27-22(16-33-17)20-6-5-7-21(14-20)28-25(29)19-12-10-18(11-13-19)15-26-34(30,31)24-9-4-3-8-23(24)32-2/h3-14,16,26H,15H2,1-2H3,(H,28,29). The number of carbonyl (C=O) groups excluding carboxylic acids is 1. The van der Waals surface area contributed by atoms with Crippen molar-refractivity contribution in [1.82, 2.24) is 9.71 Å². The molecule has 0 bridgehead atoms. The van der Waals surface area contributed by atoms with Gasteiger partial charge in [-0.25, -0.2) is 18.1 Å². The van der Waals surface area contributed by atoms with Crippen LogP contribution in [0.15, 0.2) is 83.1 Å². The van der Waals surface area contributed by atoms with Gasteiger partial charge in [0.05, 0.1) is 17.8 Å². The first-order chi connectivity index (χ1) is 16.4. The van der Waals surface area contributed by atoms with E-state index in [0.29, 0.717) is 11.3 Å². The Bertz CT molecular complexity index is 1410. The van der Waals surface area contributed by atoms with Crippen molar-refractivity contribution in [3.05, 3.63) is 94.3 Å². The van der Waals surface area contributed by atoms with Crippen LogP contribution in [0.5, 0.6) is 5.75 Å². The van der Waals surface area contributed by atoms with Crippen molar-refractivity contribution < 1.29 is 17.9 Å². The van der Waals surface area contributed by atoms with Crippen LogP contribution in [0.2, 0.25) is 0 Å². The van der Waals surface area contributed by atoms with E-state index >= 15 is 0 Å². The molecule has 3 aromatic carbocycles. The van der Waals surface area contributed by atoms with Crippen molar-refractivity contribution in [2.24, 2.45) is 0 Å². The number of ether oxygens (including phenoxy) is 1. The number of aromatic nitrogens is 1. The highest BCUT2D eigenvalue weighted by Crippen LogP contribution is 2.25. The van der Waals surface area contributed by atoms with Crippen molar-refractivity contribution in [1.29, 1.82) is 0 Å². The minimum absolute atomic E-state index is 0.0727. The third-order valence-corrected chi connectivity index (χ3v) is 7.29. The van der Waals surface area contributed by atoms with Crippen molar-refractivity contribution in [2.75, 3.05) is 12.4 Å². The molecular weight excluding hydrogens is 470 g/mol. The minimum atomic E-state index is -3.75. The van der Waals surface area contributed by atoms with Crippen molar-refractivity contribution in [3.63, 3.8) is 0 Å². The fraction of sp³-hybridized carbons (Fsp3) is 0.120. The summed E-state index contributed by atoms with van der Waals surface area (Å²) < 4.78 is 33.0. The number of sulfonamides is 1. The molecule has 0 fully saturated rings. The van der Waals surface area contributed by atoms with E-state index in [2.05, 4.69) is 15.0 Å². The molecule has 0 saturated heterocycles. The molecular formula is C25H23N3O4S2. The highest BCUT2D eigenvalue weighted by Gasteiger charge is 2.18. The maximum atomic E-state index is 12.7. The number of anilines is 1. The first-order valence-corrected chi connectivity index (χ1v) is 12.8. The lowest BCUT2D eigenvalue weighted by molar-refractivity contribution is 0.102. The Balaban J connectivity index is 1.40. The molecule has 0 aliphatic carbocycles. The summed E-state index contributed by atoms with van der Waals surface area (Å²) in [5.41, 5.74) is 3.65. The van der Waals surface area contributed by atoms with Crippen molar-refractivity contribution in [3.8, 4) is 17.0 Å². The number of hydrogen-bond acceptors (Lipinski definition) is 6. The highest BCUT2D eigenvalue weighted by atomic mass is 32.2. The summed E-state index contributed by atoms with van der Waals surface area (Å²) in [6.45, 7) is 2.03. The second-order valence-electron chi connectivity index (χ2n) is 7.46. The summed E-state index contributed by atoms with van der Waals surface area (Å²) in [6.07, 6.45) is 0. The molecule has 0 radical (unpaired) electrons. The Morgan fingerprint density at radius 2 is 1.79 bits per heavy atom. The minimum Gasteiger partial charge on any atom is -0.495 e. The van der Waals surface area contributed by atoms with Gasteiger partial charge in [-0.15, -0.1) is 11.3 Å². The number of nitrogens with one attached hydrogen (secondary N) is 2. The van der Waals surface area contributed by atoms with E-state index < -0.39 is 10.0 Å². The molecule has 0 aliphatic rings. The topological polar surface area (TPSA) is 97.4 Å². The van der Waals surface area contributed by atoms with Crippen LogP contribution in [0, 0.1) is 6.92 Å². The Labute approximate surface area is 202 Å². The fourth-order valence-corrected chi connectivity index (χ4v) is 5.13. The van der Waals surface area contributed by atoms with Crippen LogP contribution in [0.25, 0.3) is 11.3 Å². The molecule has 9 heteroatoms. The van der Waals surface area contributed by atoms with E-state index in [1.807, 2.05) is 36.6 Å². The predicted octanol–water partition coefficient (Wildman–Crippen LogP) is 4.86. The molecule has 1 amide bonds. The monoisotopic (exact) mass is 493 g/mol. The normalized spacial score (nSPS) is 11.2. The van der Waals surface area contributed by atoms with Crippen LogP contribution in [0.3, 0.4) is 0 Å². The SMILES string of the molecule is COc1ccccc1S(=O)(=O)NCc1ccc(C(=O)Nc2cccc(-c3csc(C)n3)c2)cc1. The molecule has 1 aromatic heterocycles. The summed E-state index contributed by atoms with van der Waals surface area (Å²) in [4.78, 5) is 17.3. The van der Waals surface area contributed by atoms with Crippen LogP contribution < -0.4 is 14.8 Å². The van der Waals surface area contributed by atoms with Crippen molar-refractivity contribution >= 4 is 33.0 Å². The van der Waals surface area contributed by atoms with Gasteiger partial charge >= 0.3 is 0 Å².